The number of carbonyl (C=O) groups is 1. The van der Waals surface area contributed by atoms with Crippen molar-refractivity contribution >= 4 is 21.8 Å². The van der Waals surface area contributed by atoms with Crippen LogP contribution in [0.15, 0.2) is 53.0 Å². The van der Waals surface area contributed by atoms with Crippen LogP contribution in [0.1, 0.15) is 29.8 Å². The molecular weight excluding hydrogens is 342 g/mol. The molecule has 0 radical (unpaired) electrons. The van der Waals surface area contributed by atoms with Crippen LogP contribution in [0, 0.1) is 0 Å². The number of carbonyl (C=O) groups excluding carboxylic acids is 1. The van der Waals surface area contributed by atoms with Crippen LogP contribution in [-0.2, 0) is 6.61 Å². The molecule has 0 aliphatic heterocycles. The van der Waals surface area contributed by atoms with Crippen molar-refractivity contribution in [2.24, 2.45) is 0 Å². The number of hydrogen-bond acceptors (Lipinski definition) is 2. The van der Waals surface area contributed by atoms with Crippen LogP contribution in [0.5, 0.6) is 5.75 Å². The number of hydrogen-bond donors (Lipinski definition) is 0. The Morgan fingerprint density at radius 1 is 1.09 bits per heavy atom. The molecule has 2 rings (SSSR count). The Hall–Kier alpha value is -1.81. The molecule has 2 aromatic carbocycles. The molecule has 4 heteroatoms. The maximum atomic E-state index is 12.4. The minimum Gasteiger partial charge on any atom is -0.489 e. The van der Waals surface area contributed by atoms with Gasteiger partial charge in [-0.2, -0.15) is 0 Å². The summed E-state index contributed by atoms with van der Waals surface area (Å²) < 4.78 is 6.83. The summed E-state index contributed by atoms with van der Waals surface area (Å²) in [6, 6.07) is 15.3. The summed E-state index contributed by atoms with van der Waals surface area (Å²) >= 11 is 3.50. The molecule has 0 fully saturated rings. The molecule has 116 valence electrons. The summed E-state index contributed by atoms with van der Waals surface area (Å²) in [7, 11) is 0. The van der Waals surface area contributed by atoms with Gasteiger partial charge in [-0.1, -0.05) is 40.2 Å². The Labute approximate surface area is 140 Å². The van der Waals surface area contributed by atoms with Crippen LogP contribution in [-0.4, -0.2) is 23.9 Å². The van der Waals surface area contributed by atoms with E-state index in [2.05, 4.69) is 15.9 Å². The molecule has 0 N–H and O–H groups in total. The predicted molar refractivity (Wildman–Crippen MR) is 92.2 cm³/mol. The first-order valence-electron chi connectivity index (χ1n) is 7.41. The molecule has 0 aromatic heterocycles. The van der Waals surface area contributed by atoms with Gasteiger partial charge < -0.3 is 9.64 Å². The first-order valence-corrected chi connectivity index (χ1v) is 8.20. The van der Waals surface area contributed by atoms with Gasteiger partial charge in [-0.05, 0) is 38.1 Å². The smallest absolute Gasteiger partial charge is 0.253 e. The summed E-state index contributed by atoms with van der Waals surface area (Å²) in [4.78, 5) is 14.1. The Morgan fingerprint density at radius 2 is 1.82 bits per heavy atom. The van der Waals surface area contributed by atoms with Crippen molar-refractivity contribution in [1.82, 2.24) is 4.90 Å². The molecule has 0 saturated heterocycles. The highest BCUT2D eigenvalue weighted by molar-refractivity contribution is 9.10. The second kappa shape index (κ2) is 7.99. The van der Waals surface area contributed by atoms with Crippen LogP contribution >= 0.6 is 15.9 Å². The van der Waals surface area contributed by atoms with Crippen molar-refractivity contribution in [3.8, 4) is 5.75 Å². The zero-order valence-electron chi connectivity index (χ0n) is 12.9. The predicted octanol–water partition coefficient (Wildman–Crippen LogP) is 4.51. The molecule has 0 unspecified atom stereocenters. The number of ether oxygens (including phenoxy) is 1. The minimum absolute atomic E-state index is 0.0383. The maximum Gasteiger partial charge on any atom is 0.253 e. The molecule has 3 nitrogen and oxygen atoms in total. The van der Waals surface area contributed by atoms with Crippen LogP contribution in [0.2, 0.25) is 0 Å². The number of benzene rings is 2. The van der Waals surface area contributed by atoms with Gasteiger partial charge in [0.1, 0.15) is 12.4 Å². The van der Waals surface area contributed by atoms with Gasteiger partial charge in [0.2, 0.25) is 0 Å². The molecule has 0 atom stereocenters. The average molecular weight is 362 g/mol. The quantitative estimate of drug-likeness (QED) is 0.757. The zero-order valence-corrected chi connectivity index (χ0v) is 14.5. The van der Waals surface area contributed by atoms with Crippen LogP contribution in [0.25, 0.3) is 0 Å². The lowest BCUT2D eigenvalue weighted by molar-refractivity contribution is 0.0772. The summed E-state index contributed by atoms with van der Waals surface area (Å²) in [6.07, 6.45) is 0. The third-order valence-electron chi connectivity index (χ3n) is 3.48. The second-order valence-electron chi connectivity index (χ2n) is 4.89. The fourth-order valence-electron chi connectivity index (χ4n) is 2.19. The van der Waals surface area contributed by atoms with Gasteiger partial charge in [0.15, 0.2) is 0 Å². The van der Waals surface area contributed by atoms with Gasteiger partial charge >= 0.3 is 0 Å². The van der Waals surface area contributed by atoms with Gasteiger partial charge in [-0.15, -0.1) is 0 Å². The molecule has 0 spiro atoms. The molecule has 0 aliphatic rings. The summed E-state index contributed by atoms with van der Waals surface area (Å²) in [5.74, 6) is 0.741. The van der Waals surface area contributed by atoms with Crippen molar-refractivity contribution in [2.75, 3.05) is 13.1 Å². The first-order chi connectivity index (χ1) is 10.7. The second-order valence-corrected chi connectivity index (χ2v) is 5.74. The Kier molecular flexibility index (Phi) is 6.01. The third kappa shape index (κ3) is 4.10. The van der Waals surface area contributed by atoms with Crippen molar-refractivity contribution in [2.45, 2.75) is 20.5 Å². The number of halogens is 1. The molecule has 0 aliphatic carbocycles. The highest BCUT2D eigenvalue weighted by atomic mass is 79.9. The Balaban J connectivity index is 2.09. The normalized spacial score (nSPS) is 10.3. The van der Waals surface area contributed by atoms with Crippen molar-refractivity contribution < 1.29 is 9.53 Å². The van der Waals surface area contributed by atoms with Crippen molar-refractivity contribution in [3.05, 3.63) is 64.1 Å². The molecule has 0 heterocycles. The first kappa shape index (κ1) is 16.6. The average Bonchev–Trinajstić information content (AvgIpc) is 2.55. The van der Waals surface area contributed by atoms with Gasteiger partial charge in [0, 0.05) is 28.7 Å². The molecule has 1 amide bonds. The fourth-order valence-corrected chi connectivity index (χ4v) is 2.59. The van der Waals surface area contributed by atoms with Gasteiger partial charge in [0.25, 0.3) is 5.91 Å². The van der Waals surface area contributed by atoms with E-state index in [1.54, 1.807) is 11.0 Å². The molecular formula is C18H20BrNO2. The van der Waals surface area contributed by atoms with Crippen LogP contribution < -0.4 is 4.74 Å². The van der Waals surface area contributed by atoms with E-state index in [1.807, 2.05) is 56.3 Å². The van der Waals surface area contributed by atoms with Crippen molar-refractivity contribution in [1.29, 1.82) is 0 Å². The van der Waals surface area contributed by atoms with Gasteiger partial charge in [-0.3, -0.25) is 4.79 Å². The lowest BCUT2D eigenvalue weighted by atomic mass is 10.2. The van der Waals surface area contributed by atoms with E-state index < -0.39 is 0 Å². The van der Waals surface area contributed by atoms with E-state index in [9.17, 15) is 4.79 Å². The monoisotopic (exact) mass is 361 g/mol. The maximum absolute atomic E-state index is 12.4. The minimum atomic E-state index is 0.0383. The number of amides is 1. The number of rotatable bonds is 6. The standard InChI is InChI=1S/C18H20BrNO2/c1-3-20(4-2)18(21)14-9-7-10-16(12-14)22-13-15-8-5-6-11-17(15)19/h5-12H,3-4,13H2,1-2H3. The molecule has 0 saturated carbocycles. The third-order valence-corrected chi connectivity index (χ3v) is 4.26. The van der Waals surface area contributed by atoms with Crippen LogP contribution in [0.3, 0.4) is 0 Å². The van der Waals surface area contributed by atoms with E-state index in [0.29, 0.717) is 31.0 Å². The summed E-state index contributed by atoms with van der Waals surface area (Å²) in [6.45, 7) is 5.84. The lowest BCUT2D eigenvalue weighted by Gasteiger charge is -2.19. The highest BCUT2D eigenvalue weighted by Crippen LogP contribution is 2.20. The molecule has 0 bridgehead atoms. The molecule has 22 heavy (non-hydrogen) atoms. The van der Waals surface area contributed by atoms with E-state index in [0.717, 1.165) is 10.0 Å². The summed E-state index contributed by atoms with van der Waals surface area (Å²) in [5, 5.41) is 0. The van der Waals surface area contributed by atoms with Gasteiger partial charge in [0.05, 0.1) is 0 Å². The fraction of sp³-hybridized carbons (Fsp3) is 0.278. The van der Waals surface area contributed by atoms with E-state index in [4.69, 9.17) is 4.74 Å². The SMILES string of the molecule is CCN(CC)C(=O)c1cccc(OCc2ccccc2Br)c1. The topological polar surface area (TPSA) is 29.5 Å². The van der Waals surface area contributed by atoms with E-state index >= 15 is 0 Å². The van der Waals surface area contributed by atoms with Gasteiger partial charge in [-0.25, -0.2) is 0 Å². The molecule has 2 aromatic rings. The Morgan fingerprint density at radius 3 is 2.50 bits per heavy atom. The van der Waals surface area contributed by atoms with E-state index in [-0.39, 0.29) is 5.91 Å². The highest BCUT2D eigenvalue weighted by Gasteiger charge is 2.13. The van der Waals surface area contributed by atoms with Crippen molar-refractivity contribution in [3.63, 3.8) is 0 Å². The lowest BCUT2D eigenvalue weighted by Crippen LogP contribution is -2.30. The Bertz CT molecular complexity index is 638. The van der Waals surface area contributed by atoms with E-state index in [1.165, 1.54) is 0 Å². The van der Waals surface area contributed by atoms with Crippen LogP contribution in [0.4, 0.5) is 0 Å². The zero-order chi connectivity index (χ0) is 15.9. The summed E-state index contributed by atoms with van der Waals surface area (Å²) in [5.41, 5.74) is 1.73. The number of nitrogens with zero attached hydrogens (tertiary/aromatic N) is 1. The largest absolute Gasteiger partial charge is 0.489 e.